The highest BCUT2D eigenvalue weighted by molar-refractivity contribution is 5.97. The second kappa shape index (κ2) is 29.0. The minimum absolute atomic E-state index is 0.0118. The lowest BCUT2D eigenvalue weighted by atomic mass is 9.96. The normalized spacial score (nSPS) is 14.6. The van der Waals surface area contributed by atoms with E-state index in [4.69, 9.17) is 28.7 Å². The molecule has 2 aromatic carbocycles. The van der Waals surface area contributed by atoms with Crippen molar-refractivity contribution in [1.29, 1.82) is 0 Å². The number of unbranched alkanes of at least 4 members (excludes halogenated alkanes) is 1. The molecule has 0 saturated carbocycles. The molecular weight excluding hydrogens is 839 g/mol. The van der Waals surface area contributed by atoms with Crippen molar-refractivity contribution >= 4 is 53.2 Å². The van der Waals surface area contributed by atoms with E-state index in [2.05, 4.69) is 42.2 Å². The van der Waals surface area contributed by atoms with Crippen LogP contribution in [0, 0.1) is 5.92 Å². The molecule has 0 aliphatic rings. The van der Waals surface area contributed by atoms with Crippen LogP contribution in [0.5, 0.6) is 0 Å². The summed E-state index contributed by atoms with van der Waals surface area (Å²) in [5.41, 5.74) is 29.3. The first-order valence-corrected chi connectivity index (χ1v) is 21.8. The van der Waals surface area contributed by atoms with Gasteiger partial charge in [0, 0.05) is 19.4 Å². The minimum Gasteiger partial charge on any atom is -0.370 e. The van der Waals surface area contributed by atoms with E-state index in [0.29, 0.717) is 31.4 Å². The van der Waals surface area contributed by atoms with E-state index in [1.807, 2.05) is 6.92 Å². The molecule has 21 nitrogen and oxygen atoms in total. The number of amides is 8. The van der Waals surface area contributed by atoms with Crippen molar-refractivity contribution < 1.29 is 38.4 Å². The lowest BCUT2D eigenvalue weighted by Gasteiger charge is -2.29. The third kappa shape index (κ3) is 20.6. The maximum Gasteiger partial charge on any atom is 0.243 e. The van der Waals surface area contributed by atoms with Crippen LogP contribution in [-0.4, -0.2) is 115 Å². The van der Waals surface area contributed by atoms with Crippen molar-refractivity contribution in [3.63, 3.8) is 0 Å². The average molecular weight is 908 g/mol. The molecule has 21 heteroatoms. The molecule has 0 fully saturated rings. The Hall–Kier alpha value is -6.61. The van der Waals surface area contributed by atoms with Crippen molar-refractivity contribution in [1.82, 2.24) is 37.2 Å². The van der Waals surface area contributed by atoms with E-state index in [0.717, 1.165) is 5.56 Å². The molecular formula is C44H69N13O8. The summed E-state index contributed by atoms with van der Waals surface area (Å²) >= 11 is 0. The van der Waals surface area contributed by atoms with E-state index >= 15 is 0 Å². The third-order valence-electron chi connectivity index (χ3n) is 10.4. The molecule has 65 heavy (non-hydrogen) atoms. The molecule has 0 radical (unpaired) electrons. The summed E-state index contributed by atoms with van der Waals surface area (Å²) in [6, 6.07) is 9.80. The Morgan fingerprint density at radius 2 is 1.08 bits per heavy atom. The molecule has 0 aliphatic heterocycles. The fraction of sp³-hybridized carbons (Fsp3) is 0.523. The highest BCUT2D eigenvalue weighted by Gasteiger charge is 2.34. The molecule has 2 rings (SSSR count). The molecule has 0 heterocycles. The first kappa shape index (κ1) is 54.5. The fourth-order valence-electron chi connectivity index (χ4n) is 6.41. The number of benzene rings is 2. The van der Waals surface area contributed by atoms with E-state index in [1.54, 1.807) is 67.6 Å². The zero-order valence-corrected chi connectivity index (χ0v) is 37.8. The number of nitrogens with one attached hydrogen (secondary N) is 7. The van der Waals surface area contributed by atoms with Crippen LogP contribution in [0.15, 0.2) is 65.7 Å². The summed E-state index contributed by atoms with van der Waals surface area (Å²) in [5.74, 6) is -6.21. The predicted octanol–water partition coefficient (Wildman–Crippen LogP) is -2.42. The molecule has 0 aliphatic carbocycles. The van der Waals surface area contributed by atoms with Gasteiger partial charge in [-0.2, -0.15) is 0 Å². The second-order valence-corrected chi connectivity index (χ2v) is 15.9. The largest absolute Gasteiger partial charge is 0.370 e. The van der Waals surface area contributed by atoms with E-state index in [1.165, 1.54) is 13.8 Å². The smallest absolute Gasteiger partial charge is 0.243 e. The number of rotatable bonds is 29. The molecule has 8 atom stereocenters. The van der Waals surface area contributed by atoms with Crippen LogP contribution in [0.1, 0.15) is 77.3 Å². The van der Waals surface area contributed by atoms with Gasteiger partial charge >= 0.3 is 0 Å². The zero-order chi connectivity index (χ0) is 48.5. The first-order valence-electron chi connectivity index (χ1n) is 21.8. The SMILES string of the molecule is CC[C@H](C)[C@H](NC(=O)[C@H](Cc1ccccc1)NC(=O)[C@H](CCCCN)NC(=O)[C@H](C)NC(=O)CNC(=O)[C@H](C)N)C(=O)N[C@@H](CCCN=C(N)N)C(=O)N[C@@H](Cc1ccccc1)C(N)=O. The lowest BCUT2D eigenvalue weighted by molar-refractivity contribution is -0.136. The van der Waals surface area contributed by atoms with Crippen LogP contribution in [0.4, 0.5) is 0 Å². The van der Waals surface area contributed by atoms with Crippen LogP contribution in [0.3, 0.4) is 0 Å². The molecule has 17 N–H and O–H groups in total. The number of nitrogens with two attached hydrogens (primary N) is 5. The maximum absolute atomic E-state index is 14.3. The zero-order valence-electron chi connectivity index (χ0n) is 37.8. The van der Waals surface area contributed by atoms with Gasteiger partial charge in [0.25, 0.3) is 0 Å². The van der Waals surface area contributed by atoms with Gasteiger partial charge in [0.2, 0.25) is 47.3 Å². The van der Waals surface area contributed by atoms with Crippen molar-refractivity contribution in [2.45, 2.75) is 121 Å². The van der Waals surface area contributed by atoms with Crippen LogP contribution >= 0.6 is 0 Å². The summed E-state index contributed by atoms with van der Waals surface area (Å²) in [7, 11) is 0. The fourth-order valence-corrected chi connectivity index (χ4v) is 6.41. The van der Waals surface area contributed by atoms with Crippen molar-refractivity contribution in [3.8, 4) is 0 Å². The van der Waals surface area contributed by atoms with Gasteiger partial charge in [-0.25, -0.2) is 0 Å². The molecule has 0 unspecified atom stereocenters. The number of guanidine groups is 1. The van der Waals surface area contributed by atoms with Gasteiger partial charge in [0.1, 0.15) is 36.3 Å². The summed E-state index contributed by atoms with van der Waals surface area (Å²) < 4.78 is 0. The monoisotopic (exact) mass is 908 g/mol. The number of carbonyl (C=O) groups excluding carboxylic acids is 8. The van der Waals surface area contributed by atoms with Crippen molar-refractivity contribution in [2.24, 2.45) is 39.6 Å². The van der Waals surface area contributed by atoms with E-state index < -0.39 is 102 Å². The number of primary amides is 1. The third-order valence-corrected chi connectivity index (χ3v) is 10.4. The van der Waals surface area contributed by atoms with E-state index in [-0.39, 0.29) is 44.6 Å². The number of aliphatic imine (C=N–C) groups is 1. The van der Waals surface area contributed by atoms with Gasteiger partial charge in [-0.3, -0.25) is 43.3 Å². The van der Waals surface area contributed by atoms with E-state index in [9.17, 15) is 38.4 Å². The summed E-state index contributed by atoms with van der Waals surface area (Å²) in [6.07, 6.45) is 1.88. The Kier molecular flexibility index (Phi) is 24.3. The highest BCUT2D eigenvalue weighted by atomic mass is 16.2. The summed E-state index contributed by atoms with van der Waals surface area (Å²) in [4.78, 5) is 110. The quantitative estimate of drug-likeness (QED) is 0.0231. The topological polar surface area (TPSA) is 363 Å². The number of carbonyl (C=O) groups is 8. The Bertz CT molecular complexity index is 1900. The molecule has 358 valence electrons. The number of hydrogen-bond acceptors (Lipinski definition) is 11. The molecule has 2 aromatic rings. The summed E-state index contributed by atoms with van der Waals surface area (Å²) in [5, 5.41) is 18.4. The summed E-state index contributed by atoms with van der Waals surface area (Å²) in [6.45, 7) is 6.43. The molecule has 0 spiro atoms. The van der Waals surface area contributed by atoms with Crippen LogP contribution < -0.4 is 65.9 Å². The van der Waals surface area contributed by atoms with Crippen LogP contribution in [0.25, 0.3) is 0 Å². The molecule has 8 amide bonds. The van der Waals surface area contributed by atoms with Crippen LogP contribution in [-0.2, 0) is 51.2 Å². The number of hydrogen-bond donors (Lipinski definition) is 12. The van der Waals surface area contributed by atoms with Gasteiger partial charge in [-0.15, -0.1) is 0 Å². The Balaban J connectivity index is 2.38. The predicted molar refractivity (Wildman–Crippen MR) is 246 cm³/mol. The standard InChI is InChI=1S/C44H69N13O8/c1-5-26(2)36(43(65)54-32(20-14-22-50-44(48)49)40(62)55-33(37(47)59)23-29-15-8-6-9-16-29)57-42(64)34(24-30-17-10-7-11-18-30)56-41(63)31(19-12-13-21-45)53-39(61)28(4)52-35(58)25-51-38(60)27(3)46/h6-11,15-18,26-28,31-34,36H,5,12-14,19-25,45-46H2,1-4H3,(H2,47,59)(H,51,60)(H,52,58)(H,53,61)(H,54,65)(H,55,62)(H,56,63)(H,57,64)(H4,48,49,50)/t26-,27-,28-,31-,32-,33-,34-,36-/m0/s1. The Morgan fingerprint density at radius 1 is 0.585 bits per heavy atom. The second-order valence-electron chi connectivity index (χ2n) is 15.9. The maximum atomic E-state index is 14.3. The molecule has 0 aromatic heterocycles. The molecule has 0 saturated heterocycles. The highest BCUT2D eigenvalue weighted by Crippen LogP contribution is 2.13. The van der Waals surface area contributed by atoms with Gasteiger partial charge in [0.05, 0.1) is 12.6 Å². The number of nitrogens with zero attached hydrogens (tertiary/aromatic N) is 1. The van der Waals surface area contributed by atoms with Gasteiger partial charge < -0.3 is 65.9 Å². The van der Waals surface area contributed by atoms with Gasteiger partial charge in [-0.05, 0) is 69.5 Å². The van der Waals surface area contributed by atoms with Gasteiger partial charge in [-0.1, -0.05) is 80.9 Å². The minimum atomic E-state index is -1.27. The Morgan fingerprint density at radius 3 is 1.58 bits per heavy atom. The first-order chi connectivity index (χ1) is 30.9. The van der Waals surface area contributed by atoms with Crippen molar-refractivity contribution in [2.75, 3.05) is 19.6 Å². The van der Waals surface area contributed by atoms with Crippen molar-refractivity contribution in [3.05, 3.63) is 71.8 Å². The van der Waals surface area contributed by atoms with Crippen LogP contribution in [0.2, 0.25) is 0 Å². The van der Waals surface area contributed by atoms with Gasteiger partial charge in [0.15, 0.2) is 5.96 Å². The lowest BCUT2D eigenvalue weighted by Crippen LogP contribution is -2.61. The average Bonchev–Trinajstić information content (AvgIpc) is 3.27. The molecule has 0 bridgehead atoms. The Labute approximate surface area is 380 Å².